The molecule has 0 saturated heterocycles. The quantitative estimate of drug-likeness (QED) is 0.761. The highest BCUT2D eigenvalue weighted by molar-refractivity contribution is 9.10. The maximum atomic E-state index is 5.79. The van der Waals surface area contributed by atoms with Crippen LogP contribution in [0.4, 0.5) is 5.69 Å². The molecule has 0 saturated carbocycles. The molecule has 20 heavy (non-hydrogen) atoms. The molecule has 0 bridgehead atoms. The van der Waals surface area contributed by atoms with Crippen LogP contribution in [0.3, 0.4) is 0 Å². The van der Waals surface area contributed by atoms with E-state index in [0.717, 1.165) is 22.3 Å². The Labute approximate surface area is 137 Å². The molecule has 0 amide bonds. The Bertz CT molecular complexity index is 606. The Morgan fingerprint density at radius 1 is 1.40 bits per heavy atom. The third kappa shape index (κ3) is 3.59. The van der Waals surface area contributed by atoms with Gasteiger partial charge in [-0.2, -0.15) is 0 Å². The summed E-state index contributed by atoms with van der Waals surface area (Å²) in [6.45, 7) is 5.28. The zero-order chi connectivity index (χ0) is 14.8. The van der Waals surface area contributed by atoms with E-state index < -0.39 is 0 Å². The number of nitrogens with one attached hydrogen (secondary N) is 1. The van der Waals surface area contributed by atoms with Crippen molar-refractivity contribution < 1.29 is 0 Å². The van der Waals surface area contributed by atoms with Crippen LogP contribution in [0.25, 0.3) is 0 Å². The van der Waals surface area contributed by atoms with E-state index in [1.54, 1.807) is 11.3 Å². The lowest BCUT2D eigenvalue weighted by Gasteiger charge is -2.25. The first kappa shape index (κ1) is 15.5. The van der Waals surface area contributed by atoms with Crippen LogP contribution < -0.4 is 11.1 Å². The zero-order valence-electron chi connectivity index (χ0n) is 11.4. The first-order valence-electron chi connectivity index (χ1n) is 6.27. The van der Waals surface area contributed by atoms with Crippen molar-refractivity contribution >= 4 is 50.2 Å². The van der Waals surface area contributed by atoms with Gasteiger partial charge >= 0.3 is 0 Å². The van der Waals surface area contributed by atoms with Gasteiger partial charge in [-0.3, -0.25) is 0 Å². The van der Waals surface area contributed by atoms with Crippen molar-refractivity contribution in [2.75, 3.05) is 11.9 Å². The molecule has 3 N–H and O–H groups in total. The van der Waals surface area contributed by atoms with E-state index in [1.165, 1.54) is 4.88 Å². The Balaban J connectivity index is 2.17. The van der Waals surface area contributed by atoms with Gasteiger partial charge in [0.15, 0.2) is 0 Å². The predicted molar refractivity (Wildman–Crippen MR) is 95.9 cm³/mol. The minimum atomic E-state index is 0.0642. The molecule has 2 aromatic rings. The van der Waals surface area contributed by atoms with Crippen LogP contribution in [0.2, 0.25) is 0 Å². The fourth-order valence-electron chi connectivity index (χ4n) is 1.94. The van der Waals surface area contributed by atoms with E-state index in [1.807, 2.05) is 18.2 Å². The van der Waals surface area contributed by atoms with Crippen molar-refractivity contribution in [1.29, 1.82) is 0 Å². The number of thiophene rings is 1. The summed E-state index contributed by atoms with van der Waals surface area (Å²) in [5, 5.41) is 5.58. The number of nitrogens with two attached hydrogens (primary N) is 1. The van der Waals surface area contributed by atoms with Crippen LogP contribution in [0.15, 0.2) is 40.2 Å². The third-order valence-corrected chi connectivity index (χ3v) is 5.11. The fraction of sp³-hybridized carbons (Fsp3) is 0.267. The molecular formula is C15H17BrN2S2. The van der Waals surface area contributed by atoms with Gasteiger partial charge in [0, 0.05) is 32.6 Å². The molecule has 2 rings (SSSR count). The summed E-state index contributed by atoms with van der Waals surface area (Å²) in [5.74, 6) is 0. The monoisotopic (exact) mass is 368 g/mol. The SMILES string of the molecule is CC(C)(CNc1ccc(Br)cc1C(N)=S)c1cccs1. The van der Waals surface area contributed by atoms with E-state index in [4.69, 9.17) is 18.0 Å². The van der Waals surface area contributed by atoms with Gasteiger partial charge in [0.25, 0.3) is 0 Å². The van der Waals surface area contributed by atoms with Gasteiger partial charge in [-0.15, -0.1) is 11.3 Å². The molecule has 0 unspecified atom stereocenters. The maximum absolute atomic E-state index is 5.79. The smallest absolute Gasteiger partial charge is 0.106 e. The molecule has 0 radical (unpaired) electrons. The highest BCUT2D eigenvalue weighted by Crippen LogP contribution is 2.29. The minimum Gasteiger partial charge on any atom is -0.389 e. The second-order valence-corrected chi connectivity index (χ2v) is 7.57. The van der Waals surface area contributed by atoms with Gasteiger partial charge in [-0.05, 0) is 29.6 Å². The number of hydrogen-bond acceptors (Lipinski definition) is 3. The molecule has 0 aliphatic carbocycles. The topological polar surface area (TPSA) is 38.0 Å². The fourth-order valence-corrected chi connectivity index (χ4v) is 3.32. The Morgan fingerprint density at radius 3 is 2.75 bits per heavy atom. The van der Waals surface area contributed by atoms with Crippen molar-refractivity contribution in [1.82, 2.24) is 0 Å². The summed E-state index contributed by atoms with van der Waals surface area (Å²) >= 11 is 10.3. The molecule has 5 heteroatoms. The van der Waals surface area contributed by atoms with Gasteiger partial charge in [0.05, 0.1) is 0 Å². The number of benzene rings is 1. The molecule has 0 atom stereocenters. The Morgan fingerprint density at radius 2 is 2.15 bits per heavy atom. The van der Waals surface area contributed by atoms with Crippen LogP contribution in [0.1, 0.15) is 24.3 Å². The summed E-state index contributed by atoms with van der Waals surface area (Å²) in [4.78, 5) is 1.77. The molecule has 2 nitrogen and oxygen atoms in total. The summed E-state index contributed by atoms with van der Waals surface area (Å²) in [7, 11) is 0. The number of anilines is 1. The van der Waals surface area contributed by atoms with Crippen molar-refractivity contribution in [2.24, 2.45) is 5.73 Å². The Kier molecular flexibility index (Phi) is 4.83. The van der Waals surface area contributed by atoms with Crippen LogP contribution in [-0.2, 0) is 5.41 Å². The summed E-state index contributed by atoms with van der Waals surface area (Å²) in [6, 6.07) is 10.2. The lowest BCUT2D eigenvalue weighted by molar-refractivity contribution is 0.569. The molecule has 1 heterocycles. The largest absolute Gasteiger partial charge is 0.389 e. The van der Waals surface area contributed by atoms with Gasteiger partial charge in [-0.25, -0.2) is 0 Å². The first-order chi connectivity index (χ1) is 9.40. The minimum absolute atomic E-state index is 0.0642. The average Bonchev–Trinajstić information content (AvgIpc) is 2.91. The summed E-state index contributed by atoms with van der Waals surface area (Å²) in [6.07, 6.45) is 0. The van der Waals surface area contributed by atoms with E-state index in [-0.39, 0.29) is 5.41 Å². The second kappa shape index (κ2) is 6.24. The molecule has 0 aliphatic rings. The van der Waals surface area contributed by atoms with E-state index in [9.17, 15) is 0 Å². The summed E-state index contributed by atoms with van der Waals surface area (Å²) < 4.78 is 0.975. The lowest BCUT2D eigenvalue weighted by atomic mass is 9.91. The van der Waals surface area contributed by atoms with Gasteiger partial charge < -0.3 is 11.1 Å². The molecule has 0 fully saturated rings. The van der Waals surface area contributed by atoms with E-state index in [2.05, 4.69) is 52.6 Å². The maximum Gasteiger partial charge on any atom is 0.106 e. The Hall–Kier alpha value is -0.910. The van der Waals surface area contributed by atoms with Crippen molar-refractivity contribution in [3.05, 3.63) is 50.6 Å². The normalized spacial score (nSPS) is 11.3. The average molecular weight is 369 g/mol. The molecule has 1 aromatic carbocycles. The van der Waals surface area contributed by atoms with Crippen molar-refractivity contribution in [3.8, 4) is 0 Å². The number of hydrogen-bond donors (Lipinski definition) is 2. The number of rotatable bonds is 5. The molecule has 1 aromatic heterocycles. The highest BCUT2D eigenvalue weighted by atomic mass is 79.9. The van der Waals surface area contributed by atoms with Gasteiger partial charge in [0.2, 0.25) is 0 Å². The summed E-state index contributed by atoms with van der Waals surface area (Å²) in [5.41, 5.74) is 7.70. The number of thiocarbonyl (C=S) groups is 1. The van der Waals surface area contributed by atoms with E-state index >= 15 is 0 Å². The molecule has 106 valence electrons. The van der Waals surface area contributed by atoms with Gasteiger partial charge in [-0.1, -0.05) is 48.1 Å². The predicted octanol–water partition coefficient (Wildman–Crippen LogP) is 4.53. The van der Waals surface area contributed by atoms with Crippen LogP contribution in [0.5, 0.6) is 0 Å². The van der Waals surface area contributed by atoms with Crippen LogP contribution in [0, 0.1) is 0 Å². The number of halogens is 1. The van der Waals surface area contributed by atoms with Gasteiger partial charge in [0.1, 0.15) is 4.99 Å². The zero-order valence-corrected chi connectivity index (χ0v) is 14.7. The molecule has 0 aliphatic heterocycles. The standard InChI is InChI=1S/C15H17BrN2S2/c1-15(2,13-4-3-7-20-13)9-18-12-6-5-10(16)8-11(12)14(17)19/h3-8,18H,9H2,1-2H3,(H2,17,19). The molecule has 0 spiro atoms. The van der Waals surface area contributed by atoms with E-state index in [0.29, 0.717) is 4.99 Å². The van der Waals surface area contributed by atoms with Crippen molar-refractivity contribution in [3.63, 3.8) is 0 Å². The van der Waals surface area contributed by atoms with Crippen LogP contribution in [-0.4, -0.2) is 11.5 Å². The highest BCUT2D eigenvalue weighted by Gasteiger charge is 2.22. The third-order valence-electron chi connectivity index (χ3n) is 3.16. The second-order valence-electron chi connectivity index (χ2n) is 5.27. The van der Waals surface area contributed by atoms with Crippen molar-refractivity contribution in [2.45, 2.75) is 19.3 Å². The lowest BCUT2D eigenvalue weighted by Crippen LogP contribution is -2.27. The molecular weight excluding hydrogens is 352 g/mol. The van der Waals surface area contributed by atoms with Crippen LogP contribution >= 0.6 is 39.5 Å². The first-order valence-corrected chi connectivity index (χ1v) is 8.35.